The van der Waals surface area contributed by atoms with Gasteiger partial charge in [-0.05, 0) is 12.1 Å². The summed E-state index contributed by atoms with van der Waals surface area (Å²) < 4.78 is 43.2. The standard InChI is InChI=1S/C22H39NO8/c23-6-7-24-8-9-25-10-11-26-12-13-27-14-15-28-16-17-29-18-19-30-20-21-31-22-4-2-1-3-5-22/h1-5H,6-21,23H2. The van der Waals surface area contributed by atoms with E-state index in [4.69, 9.17) is 43.6 Å². The molecule has 0 unspecified atom stereocenters. The van der Waals surface area contributed by atoms with Crippen LogP contribution in [0, 0.1) is 0 Å². The maximum absolute atomic E-state index is 5.53. The fraction of sp³-hybridized carbons (Fsp3) is 0.727. The van der Waals surface area contributed by atoms with E-state index in [1.54, 1.807) is 0 Å². The van der Waals surface area contributed by atoms with E-state index in [0.717, 1.165) is 5.75 Å². The molecular formula is C22H39NO8. The van der Waals surface area contributed by atoms with Gasteiger partial charge in [0.2, 0.25) is 0 Å². The van der Waals surface area contributed by atoms with Crippen molar-refractivity contribution in [3.05, 3.63) is 30.3 Å². The van der Waals surface area contributed by atoms with Gasteiger partial charge in [-0.15, -0.1) is 0 Å². The topological polar surface area (TPSA) is 99.9 Å². The third kappa shape index (κ3) is 20.4. The van der Waals surface area contributed by atoms with Gasteiger partial charge < -0.3 is 43.6 Å². The van der Waals surface area contributed by atoms with Crippen molar-refractivity contribution in [2.75, 3.05) is 106 Å². The quantitative estimate of drug-likeness (QED) is 0.235. The van der Waals surface area contributed by atoms with Crippen molar-refractivity contribution < 1.29 is 37.9 Å². The summed E-state index contributed by atoms with van der Waals surface area (Å²) in [4.78, 5) is 0. The largest absolute Gasteiger partial charge is 0.491 e. The maximum Gasteiger partial charge on any atom is 0.119 e. The first-order valence-corrected chi connectivity index (χ1v) is 10.9. The van der Waals surface area contributed by atoms with Gasteiger partial charge in [-0.1, -0.05) is 18.2 Å². The number of rotatable bonds is 24. The first-order chi connectivity index (χ1) is 15.4. The number of ether oxygens (including phenoxy) is 8. The maximum atomic E-state index is 5.53. The lowest BCUT2D eigenvalue weighted by Gasteiger charge is -2.09. The van der Waals surface area contributed by atoms with Crippen LogP contribution in [-0.2, 0) is 33.2 Å². The van der Waals surface area contributed by atoms with E-state index >= 15 is 0 Å². The first-order valence-electron chi connectivity index (χ1n) is 10.9. The van der Waals surface area contributed by atoms with E-state index in [0.29, 0.717) is 106 Å². The Kier molecular flexibility index (Phi) is 20.9. The highest BCUT2D eigenvalue weighted by Crippen LogP contribution is 2.07. The predicted octanol–water partition coefficient (Wildman–Crippen LogP) is 1.14. The highest BCUT2D eigenvalue weighted by Gasteiger charge is 1.95. The molecule has 0 heterocycles. The lowest BCUT2D eigenvalue weighted by atomic mass is 10.3. The van der Waals surface area contributed by atoms with Crippen molar-refractivity contribution in [1.29, 1.82) is 0 Å². The summed E-state index contributed by atoms with van der Waals surface area (Å²) in [6.07, 6.45) is 0. The molecule has 0 amide bonds. The monoisotopic (exact) mass is 445 g/mol. The van der Waals surface area contributed by atoms with E-state index < -0.39 is 0 Å². The van der Waals surface area contributed by atoms with E-state index in [1.165, 1.54) is 0 Å². The molecule has 1 rings (SSSR count). The van der Waals surface area contributed by atoms with Crippen molar-refractivity contribution in [3.63, 3.8) is 0 Å². The number of benzene rings is 1. The van der Waals surface area contributed by atoms with Gasteiger partial charge >= 0.3 is 0 Å². The summed E-state index contributed by atoms with van der Waals surface area (Å²) >= 11 is 0. The van der Waals surface area contributed by atoms with Crippen LogP contribution < -0.4 is 10.5 Å². The average molecular weight is 446 g/mol. The van der Waals surface area contributed by atoms with Crippen molar-refractivity contribution in [2.45, 2.75) is 0 Å². The third-order valence-corrected chi connectivity index (χ3v) is 3.73. The molecule has 0 aliphatic carbocycles. The molecule has 0 aliphatic heterocycles. The zero-order valence-corrected chi connectivity index (χ0v) is 18.5. The van der Waals surface area contributed by atoms with Crippen LogP contribution in [0.4, 0.5) is 0 Å². The molecule has 1 aromatic rings. The van der Waals surface area contributed by atoms with Crippen LogP contribution in [-0.4, -0.2) is 106 Å². The van der Waals surface area contributed by atoms with E-state index in [2.05, 4.69) is 0 Å². The molecule has 0 aromatic heterocycles. The molecule has 0 spiro atoms. The molecule has 0 saturated carbocycles. The molecule has 0 saturated heterocycles. The van der Waals surface area contributed by atoms with Crippen LogP contribution in [0.1, 0.15) is 0 Å². The second kappa shape index (κ2) is 23.4. The van der Waals surface area contributed by atoms with Crippen LogP contribution in [0.15, 0.2) is 30.3 Å². The summed E-state index contributed by atoms with van der Waals surface area (Å²) in [6, 6.07) is 9.67. The van der Waals surface area contributed by atoms with Crippen molar-refractivity contribution >= 4 is 0 Å². The van der Waals surface area contributed by atoms with Gasteiger partial charge in [0.25, 0.3) is 0 Å². The Hall–Kier alpha value is -1.30. The Balaban J connectivity index is 1.65. The third-order valence-electron chi connectivity index (χ3n) is 3.73. The highest BCUT2D eigenvalue weighted by molar-refractivity contribution is 5.20. The van der Waals surface area contributed by atoms with Gasteiger partial charge in [0.05, 0.1) is 92.5 Å². The van der Waals surface area contributed by atoms with Crippen molar-refractivity contribution in [1.82, 2.24) is 0 Å². The summed E-state index contributed by atoms with van der Waals surface area (Å²) in [5, 5.41) is 0. The second-order valence-electron chi connectivity index (χ2n) is 6.24. The minimum absolute atomic E-state index is 0.525. The van der Waals surface area contributed by atoms with Crippen molar-refractivity contribution in [3.8, 4) is 5.75 Å². The van der Waals surface area contributed by atoms with Crippen LogP contribution in [0.2, 0.25) is 0 Å². The molecule has 0 fully saturated rings. The fourth-order valence-corrected chi connectivity index (χ4v) is 2.24. The summed E-state index contributed by atoms with van der Waals surface area (Å²) in [5.41, 5.74) is 5.31. The normalized spacial score (nSPS) is 11.1. The fourth-order valence-electron chi connectivity index (χ4n) is 2.24. The van der Waals surface area contributed by atoms with Gasteiger partial charge in [0, 0.05) is 6.54 Å². The smallest absolute Gasteiger partial charge is 0.119 e. The molecular weight excluding hydrogens is 406 g/mol. The van der Waals surface area contributed by atoms with Crippen LogP contribution in [0.3, 0.4) is 0 Å². The Morgan fingerprint density at radius 2 is 0.742 bits per heavy atom. The molecule has 180 valence electrons. The Morgan fingerprint density at radius 3 is 1.10 bits per heavy atom. The summed E-state index contributed by atoms with van der Waals surface area (Å²) in [6.45, 7) is 8.61. The number of hydrogen-bond donors (Lipinski definition) is 1. The number of nitrogens with two attached hydrogens (primary N) is 1. The molecule has 0 aliphatic rings. The van der Waals surface area contributed by atoms with E-state index in [-0.39, 0.29) is 0 Å². The zero-order valence-electron chi connectivity index (χ0n) is 18.5. The van der Waals surface area contributed by atoms with Gasteiger partial charge in [0.15, 0.2) is 0 Å². The number of hydrogen-bond acceptors (Lipinski definition) is 9. The van der Waals surface area contributed by atoms with Crippen LogP contribution in [0.25, 0.3) is 0 Å². The molecule has 0 bridgehead atoms. The lowest BCUT2D eigenvalue weighted by Crippen LogP contribution is -2.15. The Morgan fingerprint density at radius 1 is 0.419 bits per heavy atom. The summed E-state index contributed by atoms with van der Waals surface area (Å²) in [5.74, 6) is 0.849. The predicted molar refractivity (Wildman–Crippen MR) is 117 cm³/mol. The van der Waals surface area contributed by atoms with Crippen LogP contribution in [0.5, 0.6) is 5.75 Å². The average Bonchev–Trinajstić information content (AvgIpc) is 2.80. The van der Waals surface area contributed by atoms with Gasteiger partial charge in [-0.2, -0.15) is 0 Å². The molecule has 1 aromatic carbocycles. The lowest BCUT2D eigenvalue weighted by molar-refractivity contribution is -0.0210. The zero-order chi connectivity index (χ0) is 22.1. The minimum atomic E-state index is 0.525. The minimum Gasteiger partial charge on any atom is -0.491 e. The summed E-state index contributed by atoms with van der Waals surface area (Å²) in [7, 11) is 0. The highest BCUT2D eigenvalue weighted by atomic mass is 16.6. The Labute approximate surface area is 186 Å². The van der Waals surface area contributed by atoms with Gasteiger partial charge in [-0.3, -0.25) is 0 Å². The first kappa shape index (κ1) is 27.7. The number of para-hydroxylation sites is 1. The molecule has 31 heavy (non-hydrogen) atoms. The van der Waals surface area contributed by atoms with Crippen molar-refractivity contribution in [2.24, 2.45) is 5.73 Å². The molecule has 0 atom stereocenters. The van der Waals surface area contributed by atoms with E-state index in [9.17, 15) is 0 Å². The molecule has 9 nitrogen and oxygen atoms in total. The van der Waals surface area contributed by atoms with Crippen LogP contribution >= 0.6 is 0 Å². The van der Waals surface area contributed by atoms with Gasteiger partial charge in [-0.25, -0.2) is 0 Å². The second-order valence-corrected chi connectivity index (χ2v) is 6.24. The Bertz CT molecular complexity index is 466. The SMILES string of the molecule is NCCOCCOCCOCCOCCOCCOCCOCCOc1ccccc1. The molecule has 0 radical (unpaired) electrons. The van der Waals surface area contributed by atoms with Gasteiger partial charge in [0.1, 0.15) is 12.4 Å². The molecule has 9 heteroatoms. The molecule has 2 N–H and O–H groups in total. The van der Waals surface area contributed by atoms with E-state index in [1.807, 2.05) is 30.3 Å².